The minimum Gasteiger partial charge on any atom is -0.318 e. The Morgan fingerprint density at radius 1 is 0.447 bits per heavy atom. The number of phosphoric ester groups is 4. The largest absolute Gasteiger partial charge is 0.471 e. The average molecular weight is 1580 g/mol. The third-order valence-corrected chi connectivity index (χ3v) is 14.3. The summed E-state index contributed by atoms with van der Waals surface area (Å²) in [5.74, 6) is -5.65. The molecule has 94 heavy (non-hydrogen) atoms. The van der Waals surface area contributed by atoms with Gasteiger partial charge in [0, 0.05) is 0 Å². The molecule has 0 aliphatic rings. The lowest BCUT2D eigenvalue weighted by Gasteiger charge is -2.11. The number of carbonyl (C=O) groups excluding carboxylic acids is 4. The number of carbonyl (C=O) groups is 4. The van der Waals surface area contributed by atoms with Crippen LogP contribution in [0.15, 0.2) is 82.0 Å². The van der Waals surface area contributed by atoms with Crippen LogP contribution in [0.25, 0.3) is 0 Å². The number of rotatable bonds is 20. The number of anilines is 4. The fourth-order valence-corrected chi connectivity index (χ4v) is 9.35. The summed E-state index contributed by atoms with van der Waals surface area (Å²) in [7, 11) is -18.9. The number of hydrogen-bond donors (Lipinski definition) is 12. The summed E-state index contributed by atoms with van der Waals surface area (Å²) < 4.78 is 115. The molecule has 4 amide bonds. The molecule has 0 aliphatic heterocycles. The third kappa shape index (κ3) is 25.0. The fraction of sp³-hybridized carbons (Fsp3) is 0.217. The van der Waals surface area contributed by atoms with Gasteiger partial charge in [-0.25, -0.2) is 35.8 Å². The quantitative estimate of drug-likeness (QED) is 0.0253. The first-order chi connectivity index (χ1) is 43.4. The Morgan fingerprint density at radius 3 is 1.06 bits per heavy atom. The molecule has 0 bridgehead atoms. The molecule has 4 aromatic carbocycles. The molecular weight excluding hydrogens is 1530 g/mol. The first kappa shape index (κ1) is 77.7. The maximum absolute atomic E-state index is 13.8. The van der Waals surface area contributed by atoms with Crippen LogP contribution >= 0.6 is 86.4 Å². The second-order valence-electron chi connectivity index (χ2n) is 18.4. The van der Waals surface area contributed by atoms with Gasteiger partial charge in [-0.3, -0.25) is 37.3 Å². The molecule has 8 rings (SSSR count). The number of benzene rings is 4. The molecule has 2 unspecified atom stereocenters. The average Bonchev–Trinajstić information content (AvgIpc) is 1.71. The zero-order valence-corrected chi connectivity index (χ0v) is 56.4. The van der Waals surface area contributed by atoms with Crippen molar-refractivity contribution in [1.29, 1.82) is 0 Å². The normalized spacial score (nSPS) is 12.2. The van der Waals surface area contributed by atoms with Gasteiger partial charge in [-0.1, -0.05) is 47.5 Å². The Morgan fingerprint density at radius 2 is 0.723 bits per heavy atom. The van der Waals surface area contributed by atoms with Gasteiger partial charge in [-0.05, 0) is 144 Å². The van der Waals surface area contributed by atoms with Gasteiger partial charge in [0.05, 0.1) is 22.7 Å². The monoisotopic (exact) mass is 1570 g/mol. The van der Waals surface area contributed by atoms with Gasteiger partial charge in [-0.2, -0.15) is 19.2 Å². The number of phosphoric acid groups is 4. The summed E-state index contributed by atoms with van der Waals surface area (Å²) >= 11 is 17.5. The zero-order chi connectivity index (χ0) is 70.5. The Kier molecular flexibility index (Phi) is 27.4. The van der Waals surface area contributed by atoms with Crippen molar-refractivity contribution in [3.05, 3.63) is 161 Å². The second kappa shape index (κ2) is 33.1. The van der Waals surface area contributed by atoms with Crippen LogP contribution in [0.3, 0.4) is 0 Å². The zero-order valence-electron chi connectivity index (χ0n) is 48.2. The van der Waals surface area contributed by atoms with E-state index in [0.717, 1.165) is 14.4 Å². The molecule has 36 nitrogen and oxygen atoms in total. The minimum atomic E-state index is -4.78. The highest BCUT2D eigenvalue weighted by molar-refractivity contribution is 9.10. The van der Waals surface area contributed by atoms with Crippen molar-refractivity contribution in [1.82, 2.24) is 60.0 Å². The molecule has 4 aromatic heterocycles. The van der Waals surface area contributed by atoms with Gasteiger partial charge in [0.25, 0.3) is 23.6 Å². The van der Waals surface area contributed by atoms with Crippen LogP contribution in [0.4, 0.5) is 40.3 Å². The number of hydrogen-bond acceptors (Lipinski definition) is 20. The maximum atomic E-state index is 13.8. The van der Waals surface area contributed by atoms with E-state index in [-0.39, 0.29) is 65.0 Å². The van der Waals surface area contributed by atoms with Crippen molar-refractivity contribution in [2.24, 2.45) is 0 Å². The minimum absolute atomic E-state index is 0.00804. The first-order valence-electron chi connectivity index (χ1n) is 25.1. The molecule has 0 radical (unpaired) electrons. The lowest BCUT2D eigenvalue weighted by molar-refractivity contribution is 0.0750. The highest BCUT2D eigenvalue weighted by Crippen LogP contribution is 2.42. The summed E-state index contributed by atoms with van der Waals surface area (Å²) in [6.45, 7) is 7.96. The SMILES string of the molecule is Cc1ccc(NC(=O)c2nn(C(C)OP(=O)(O)O)nc2Br)c(F)c1.Cc1ccc(NC(=O)c2nn(C(C)OP(=O)(O)O)nc2Cl)c(F)c1.Cc1ccc(NC(=O)c2nn(COP(=O)(O)O)nc2Br)c(F)c1.Cc1ccc(NC(=O)c2nn(COP(=O)(O)O)nc2Cl)c(F)c1. The number of nitrogens with zero attached hydrogens (tertiary/aromatic N) is 12. The van der Waals surface area contributed by atoms with Gasteiger partial charge in [0.15, 0.2) is 68.2 Å². The standard InChI is InChI=1S/C12H13BrFN4O5P.C12H13ClFN4O5P.C11H11BrFN4O5P.C11H11ClFN4O5P/c2*1-6-3-4-9(8(14)5-6)15-12(19)10-11(13)17-18(16-10)7(2)23-24(20,21)22;2*1-6-2-3-8(7(13)4-6)14-11(18)9-10(12)16-17(15-9)5-22-23(19,20)21/h2*3-5,7H,1-2H3,(H,15,19)(H2,20,21,22);2*2-4H,5H2,1H3,(H,14,18)(H2,19,20,21). The summed E-state index contributed by atoms with van der Waals surface area (Å²) in [6.07, 6.45) is -2.50. The molecule has 0 saturated carbocycles. The maximum Gasteiger partial charge on any atom is 0.471 e. The molecule has 12 N–H and O–H groups in total. The van der Waals surface area contributed by atoms with Crippen molar-refractivity contribution in [2.75, 3.05) is 21.3 Å². The highest BCUT2D eigenvalue weighted by atomic mass is 79.9. The summed E-state index contributed by atoms with van der Waals surface area (Å²) in [5, 5.41) is 38.1. The number of aryl methyl sites for hydroxylation is 4. The molecule has 2 atom stereocenters. The van der Waals surface area contributed by atoms with Gasteiger partial charge in [0.1, 0.15) is 23.3 Å². The Labute approximate surface area is 551 Å². The van der Waals surface area contributed by atoms with E-state index in [9.17, 15) is 55.0 Å². The van der Waals surface area contributed by atoms with Crippen molar-refractivity contribution in [3.63, 3.8) is 0 Å². The van der Waals surface area contributed by atoms with Gasteiger partial charge in [0.2, 0.25) is 0 Å². The molecule has 0 spiro atoms. The van der Waals surface area contributed by atoms with Crippen molar-refractivity contribution in [3.8, 4) is 0 Å². The first-order valence-corrected chi connectivity index (χ1v) is 33.5. The molecule has 48 heteroatoms. The van der Waals surface area contributed by atoms with Crippen LogP contribution in [-0.2, 0) is 49.8 Å². The van der Waals surface area contributed by atoms with E-state index in [2.05, 4.69) is 112 Å². The van der Waals surface area contributed by atoms with Gasteiger partial charge >= 0.3 is 31.3 Å². The summed E-state index contributed by atoms with van der Waals surface area (Å²) in [4.78, 5) is 121. The Bertz CT molecular complexity index is 4040. The van der Waals surface area contributed by atoms with E-state index < -0.39 is 104 Å². The molecule has 0 aliphatic carbocycles. The predicted molar refractivity (Wildman–Crippen MR) is 324 cm³/mol. The number of aromatic nitrogens is 12. The molecule has 0 fully saturated rings. The van der Waals surface area contributed by atoms with E-state index in [0.29, 0.717) is 27.1 Å². The van der Waals surface area contributed by atoms with E-state index in [1.165, 1.54) is 62.4 Å². The van der Waals surface area contributed by atoms with E-state index in [1.54, 1.807) is 52.0 Å². The number of halogens is 8. The van der Waals surface area contributed by atoms with Gasteiger partial charge < -0.3 is 60.4 Å². The molecular formula is C46H48Br2Cl2F4N16O20P4. The van der Waals surface area contributed by atoms with Crippen LogP contribution in [0.5, 0.6) is 0 Å². The van der Waals surface area contributed by atoms with Crippen LogP contribution in [0.2, 0.25) is 10.3 Å². The van der Waals surface area contributed by atoms with Crippen LogP contribution in [-0.4, -0.2) is 123 Å². The Hall–Kier alpha value is -6.98. The summed E-state index contributed by atoms with van der Waals surface area (Å²) in [5.41, 5.74) is 1.45. The topological polar surface area (TPSA) is 506 Å². The van der Waals surface area contributed by atoms with Crippen LogP contribution in [0, 0.1) is 51.0 Å². The number of nitrogens with one attached hydrogen (secondary N) is 4. The number of amides is 4. The molecule has 508 valence electrons. The molecule has 0 saturated heterocycles. The van der Waals surface area contributed by atoms with E-state index in [1.807, 2.05) is 0 Å². The van der Waals surface area contributed by atoms with E-state index >= 15 is 0 Å². The lowest BCUT2D eigenvalue weighted by atomic mass is 10.2. The predicted octanol–water partition coefficient (Wildman–Crippen LogP) is 8.13. The molecule has 4 heterocycles. The van der Waals surface area contributed by atoms with Crippen molar-refractivity contribution >= 4 is 133 Å². The van der Waals surface area contributed by atoms with Gasteiger partial charge in [-0.15, -0.1) is 40.8 Å². The van der Waals surface area contributed by atoms with Crippen LogP contribution < -0.4 is 21.3 Å². The fourth-order valence-electron chi connectivity index (χ4n) is 6.61. The van der Waals surface area contributed by atoms with Crippen LogP contribution in [0.1, 0.15) is 90.5 Å². The lowest BCUT2D eigenvalue weighted by Crippen LogP contribution is -2.16. The summed E-state index contributed by atoms with van der Waals surface area (Å²) in [6, 6.07) is 17.0. The van der Waals surface area contributed by atoms with Crippen molar-refractivity contribution < 1.29 is 112 Å². The Balaban J connectivity index is 0.000000227. The van der Waals surface area contributed by atoms with Crippen molar-refractivity contribution in [2.45, 2.75) is 67.5 Å². The second-order valence-corrected chi connectivity index (χ2v) is 25.5. The van der Waals surface area contributed by atoms with E-state index in [4.69, 9.17) is 62.3 Å². The highest BCUT2D eigenvalue weighted by Gasteiger charge is 2.28. The smallest absolute Gasteiger partial charge is 0.318 e. The molecule has 8 aromatic rings. The third-order valence-electron chi connectivity index (χ3n) is 10.7.